The zero-order valence-electron chi connectivity index (χ0n) is 9.88. The quantitative estimate of drug-likeness (QED) is 0.645. The number of aromatic nitrogens is 2. The second-order valence-corrected chi connectivity index (χ2v) is 6.10. The number of H-pyrrole nitrogens is 1. The minimum absolute atomic E-state index is 0.0222. The van der Waals surface area contributed by atoms with Crippen molar-refractivity contribution < 1.29 is 13.2 Å². The Morgan fingerprint density at radius 1 is 1.67 bits per heavy atom. The Labute approximate surface area is 105 Å². The number of aromatic amines is 1. The summed E-state index contributed by atoms with van der Waals surface area (Å²) in [7, 11) is -3.63. The Bertz CT molecular complexity index is 552. The summed E-state index contributed by atoms with van der Waals surface area (Å²) in [4.78, 5) is 10.9. The zero-order chi connectivity index (χ0) is 13.3. The standard InChI is InChI=1S/C9H15N5O3S/c1-6(15)12-7-2-3-14(5-7)18(16,17)8-4-11-13-9(8)10/h4,7H,2-3,5H2,1H3,(H,12,15)(H3,10,11,13). The van der Waals surface area contributed by atoms with Gasteiger partial charge >= 0.3 is 0 Å². The van der Waals surface area contributed by atoms with Crippen LogP contribution < -0.4 is 11.1 Å². The van der Waals surface area contributed by atoms with Gasteiger partial charge in [0.05, 0.1) is 6.20 Å². The summed E-state index contributed by atoms with van der Waals surface area (Å²) in [5.74, 6) is -0.139. The van der Waals surface area contributed by atoms with Crippen LogP contribution in [0.15, 0.2) is 11.1 Å². The first-order valence-corrected chi connectivity index (χ1v) is 6.91. The molecule has 0 radical (unpaired) electrons. The minimum atomic E-state index is -3.63. The third-order valence-corrected chi connectivity index (χ3v) is 4.70. The Hall–Kier alpha value is -1.61. The van der Waals surface area contributed by atoms with E-state index < -0.39 is 10.0 Å². The fourth-order valence-electron chi connectivity index (χ4n) is 1.98. The van der Waals surface area contributed by atoms with Gasteiger partial charge in [0.1, 0.15) is 10.7 Å². The molecule has 4 N–H and O–H groups in total. The molecule has 8 nitrogen and oxygen atoms in total. The molecule has 1 unspecified atom stereocenters. The number of rotatable bonds is 3. The Morgan fingerprint density at radius 2 is 2.39 bits per heavy atom. The van der Waals surface area contributed by atoms with E-state index in [2.05, 4.69) is 15.5 Å². The first kappa shape index (κ1) is 12.8. The van der Waals surface area contributed by atoms with Crippen LogP contribution in [-0.2, 0) is 14.8 Å². The van der Waals surface area contributed by atoms with E-state index >= 15 is 0 Å². The van der Waals surface area contributed by atoms with E-state index in [1.54, 1.807) is 0 Å². The molecule has 0 saturated carbocycles. The maximum absolute atomic E-state index is 12.2. The number of nitrogens with zero attached hydrogens (tertiary/aromatic N) is 2. The van der Waals surface area contributed by atoms with E-state index in [-0.39, 0.29) is 29.2 Å². The predicted molar refractivity (Wildman–Crippen MR) is 64.0 cm³/mol. The van der Waals surface area contributed by atoms with Gasteiger partial charge in [0.25, 0.3) is 0 Å². The van der Waals surface area contributed by atoms with Gasteiger partial charge < -0.3 is 11.1 Å². The van der Waals surface area contributed by atoms with Crippen LogP contribution in [0.1, 0.15) is 13.3 Å². The molecule has 0 aliphatic carbocycles. The van der Waals surface area contributed by atoms with Crippen molar-refractivity contribution in [3.8, 4) is 0 Å². The number of sulfonamides is 1. The second kappa shape index (κ2) is 4.58. The van der Waals surface area contributed by atoms with Gasteiger partial charge in [-0.2, -0.15) is 9.40 Å². The SMILES string of the molecule is CC(=O)NC1CCN(S(=O)(=O)c2cn[nH]c2N)C1. The first-order valence-electron chi connectivity index (χ1n) is 5.47. The smallest absolute Gasteiger partial charge is 0.248 e. The number of amides is 1. The van der Waals surface area contributed by atoms with Gasteiger partial charge in [0.2, 0.25) is 15.9 Å². The van der Waals surface area contributed by atoms with E-state index in [4.69, 9.17) is 5.73 Å². The topological polar surface area (TPSA) is 121 Å². The summed E-state index contributed by atoms with van der Waals surface area (Å²) in [6.07, 6.45) is 1.78. The summed E-state index contributed by atoms with van der Waals surface area (Å²) >= 11 is 0. The summed E-state index contributed by atoms with van der Waals surface area (Å²) in [5.41, 5.74) is 5.52. The maximum Gasteiger partial charge on any atom is 0.248 e. The molecule has 1 aromatic heterocycles. The highest BCUT2D eigenvalue weighted by molar-refractivity contribution is 7.89. The van der Waals surface area contributed by atoms with E-state index in [1.807, 2.05) is 0 Å². The molecule has 1 fully saturated rings. The Morgan fingerprint density at radius 3 is 2.94 bits per heavy atom. The maximum atomic E-state index is 12.2. The van der Waals surface area contributed by atoms with Crippen LogP contribution in [0, 0.1) is 0 Å². The average Bonchev–Trinajstić information content (AvgIpc) is 2.86. The number of anilines is 1. The van der Waals surface area contributed by atoms with Gasteiger partial charge in [-0.3, -0.25) is 9.89 Å². The number of hydrogen-bond donors (Lipinski definition) is 3. The number of carbonyl (C=O) groups excluding carboxylic acids is 1. The molecule has 1 atom stereocenters. The summed E-state index contributed by atoms with van der Waals surface area (Å²) in [5, 5.41) is 8.70. The second-order valence-electron chi connectivity index (χ2n) is 4.20. The number of carbonyl (C=O) groups is 1. The molecule has 1 saturated heterocycles. The molecule has 2 heterocycles. The Balaban J connectivity index is 2.14. The molecule has 9 heteroatoms. The number of hydrogen-bond acceptors (Lipinski definition) is 5. The van der Waals surface area contributed by atoms with Crippen LogP contribution in [0.4, 0.5) is 5.82 Å². The molecule has 2 rings (SSSR count). The molecule has 100 valence electrons. The predicted octanol–water partition coefficient (Wildman–Crippen LogP) is -1.11. The van der Waals surface area contributed by atoms with Gasteiger partial charge in [-0.05, 0) is 6.42 Å². The zero-order valence-corrected chi connectivity index (χ0v) is 10.7. The van der Waals surface area contributed by atoms with Crippen LogP contribution in [0.2, 0.25) is 0 Å². The summed E-state index contributed by atoms with van der Waals surface area (Å²) in [6.45, 7) is 2.02. The summed E-state index contributed by atoms with van der Waals surface area (Å²) in [6, 6.07) is -0.148. The molecule has 1 aromatic rings. The van der Waals surface area contributed by atoms with Crippen molar-refractivity contribution in [1.82, 2.24) is 19.8 Å². The molecular formula is C9H15N5O3S. The summed E-state index contributed by atoms with van der Waals surface area (Å²) < 4.78 is 25.7. The minimum Gasteiger partial charge on any atom is -0.383 e. The molecular weight excluding hydrogens is 258 g/mol. The molecule has 1 amide bonds. The lowest BCUT2D eigenvalue weighted by atomic mass is 10.3. The van der Waals surface area contributed by atoms with Gasteiger partial charge in [-0.25, -0.2) is 8.42 Å². The van der Waals surface area contributed by atoms with Crippen molar-refractivity contribution in [3.05, 3.63) is 6.20 Å². The molecule has 1 aliphatic rings. The van der Waals surface area contributed by atoms with Gasteiger partial charge in [0, 0.05) is 26.1 Å². The van der Waals surface area contributed by atoms with E-state index in [1.165, 1.54) is 17.4 Å². The molecule has 18 heavy (non-hydrogen) atoms. The Kier molecular flexibility index (Phi) is 3.26. The van der Waals surface area contributed by atoms with Crippen molar-refractivity contribution in [2.45, 2.75) is 24.3 Å². The van der Waals surface area contributed by atoms with Gasteiger partial charge in [-0.15, -0.1) is 0 Å². The van der Waals surface area contributed by atoms with Crippen molar-refractivity contribution in [3.63, 3.8) is 0 Å². The highest BCUT2D eigenvalue weighted by Gasteiger charge is 2.34. The van der Waals surface area contributed by atoms with Crippen LogP contribution in [0.5, 0.6) is 0 Å². The van der Waals surface area contributed by atoms with Crippen LogP contribution in [0.25, 0.3) is 0 Å². The van der Waals surface area contributed by atoms with Crippen molar-refractivity contribution in [2.75, 3.05) is 18.8 Å². The normalized spacial score (nSPS) is 21.1. The molecule has 0 aromatic carbocycles. The molecule has 0 spiro atoms. The highest BCUT2D eigenvalue weighted by Crippen LogP contribution is 2.23. The lowest BCUT2D eigenvalue weighted by Gasteiger charge is -2.16. The van der Waals surface area contributed by atoms with Crippen molar-refractivity contribution in [2.24, 2.45) is 0 Å². The third-order valence-electron chi connectivity index (χ3n) is 2.81. The van der Waals surface area contributed by atoms with Gasteiger partial charge in [0.15, 0.2) is 0 Å². The van der Waals surface area contributed by atoms with Gasteiger partial charge in [-0.1, -0.05) is 0 Å². The third kappa shape index (κ3) is 2.31. The molecule has 0 bridgehead atoms. The highest BCUT2D eigenvalue weighted by atomic mass is 32.2. The fraction of sp³-hybridized carbons (Fsp3) is 0.556. The van der Waals surface area contributed by atoms with Crippen LogP contribution in [0.3, 0.4) is 0 Å². The first-order chi connectivity index (χ1) is 8.41. The van der Waals surface area contributed by atoms with E-state index in [0.717, 1.165) is 0 Å². The monoisotopic (exact) mass is 273 g/mol. The lowest BCUT2D eigenvalue weighted by molar-refractivity contribution is -0.119. The van der Waals surface area contributed by atoms with Crippen LogP contribution >= 0.6 is 0 Å². The van der Waals surface area contributed by atoms with Crippen molar-refractivity contribution in [1.29, 1.82) is 0 Å². The van der Waals surface area contributed by atoms with E-state index in [0.29, 0.717) is 13.0 Å². The van der Waals surface area contributed by atoms with Crippen LogP contribution in [-0.4, -0.2) is 48.0 Å². The fourth-order valence-corrected chi connectivity index (χ4v) is 3.49. The number of nitrogen functional groups attached to an aromatic ring is 1. The largest absolute Gasteiger partial charge is 0.383 e. The van der Waals surface area contributed by atoms with E-state index in [9.17, 15) is 13.2 Å². The van der Waals surface area contributed by atoms with Crippen molar-refractivity contribution >= 4 is 21.7 Å². The average molecular weight is 273 g/mol. The number of nitrogens with one attached hydrogen (secondary N) is 2. The number of nitrogens with two attached hydrogens (primary N) is 1. The lowest BCUT2D eigenvalue weighted by Crippen LogP contribution is -2.37. The molecule has 1 aliphatic heterocycles.